The largest absolute Gasteiger partial charge is 0.337 e. The van der Waals surface area contributed by atoms with Crippen LogP contribution in [0.25, 0.3) is 11.4 Å². The monoisotopic (exact) mass is 353 g/mol. The molecule has 1 fully saturated rings. The summed E-state index contributed by atoms with van der Waals surface area (Å²) in [5.74, 6) is 0.985. The van der Waals surface area contributed by atoms with Crippen LogP contribution < -0.4 is 0 Å². The van der Waals surface area contributed by atoms with Gasteiger partial charge in [-0.15, -0.1) is 0 Å². The van der Waals surface area contributed by atoms with Crippen molar-refractivity contribution >= 4 is 17.5 Å². The van der Waals surface area contributed by atoms with Gasteiger partial charge in [-0.1, -0.05) is 47.1 Å². The third kappa shape index (κ3) is 3.15. The summed E-state index contributed by atoms with van der Waals surface area (Å²) in [6.45, 7) is 0.676. The minimum atomic E-state index is -0.187. The van der Waals surface area contributed by atoms with Crippen LogP contribution in [0.15, 0.2) is 59.1 Å². The van der Waals surface area contributed by atoms with Gasteiger partial charge in [0.05, 0.1) is 0 Å². The molecule has 0 aliphatic carbocycles. The molecule has 2 aromatic carbocycles. The fourth-order valence-corrected chi connectivity index (χ4v) is 3.23. The number of rotatable bonds is 3. The van der Waals surface area contributed by atoms with Gasteiger partial charge in [0.15, 0.2) is 0 Å². The summed E-state index contributed by atoms with van der Waals surface area (Å²) < 4.78 is 5.46. The van der Waals surface area contributed by atoms with Gasteiger partial charge >= 0.3 is 0 Å². The third-order valence-corrected chi connectivity index (χ3v) is 4.62. The van der Waals surface area contributed by atoms with E-state index in [2.05, 4.69) is 10.1 Å². The lowest BCUT2D eigenvalue weighted by Crippen LogP contribution is -2.30. The van der Waals surface area contributed by atoms with E-state index in [1.165, 1.54) is 0 Å². The Balaban J connectivity index is 1.58. The minimum absolute atomic E-state index is 0.0429. The summed E-state index contributed by atoms with van der Waals surface area (Å²) in [5.41, 5.74) is 1.50. The molecule has 1 saturated heterocycles. The van der Waals surface area contributed by atoms with E-state index in [1.54, 1.807) is 29.2 Å². The molecule has 1 aliphatic rings. The van der Waals surface area contributed by atoms with Gasteiger partial charge in [0.2, 0.25) is 11.7 Å². The number of benzene rings is 2. The van der Waals surface area contributed by atoms with Gasteiger partial charge in [-0.05, 0) is 37.1 Å². The summed E-state index contributed by atoms with van der Waals surface area (Å²) in [6, 6.07) is 16.4. The van der Waals surface area contributed by atoms with E-state index in [1.807, 2.05) is 30.3 Å². The number of likely N-dealkylation sites (tertiary alicyclic amines) is 1. The summed E-state index contributed by atoms with van der Waals surface area (Å²) in [4.78, 5) is 19.1. The first-order chi connectivity index (χ1) is 12.2. The molecule has 4 rings (SSSR count). The predicted octanol–water partition coefficient (Wildman–Crippen LogP) is 4.37. The molecular weight excluding hydrogens is 338 g/mol. The van der Waals surface area contributed by atoms with Crippen molar-refractivity contribution < 1.29 is 9.32 Å². The molecule has 0 N–H and O–H groups in total. The van der Waals surface area contributed by atoms with Crippen LogP contribution in [0.1, 0.15) is 35.1 Å². The first kappa shape index (κ1) is 15.8. The topological polar surface area (TPSA) is 59.2 Å². The minimum Gasteiger partial charge on any atom is -0.337 e. The number of nitrogens with zero attached hydrogens (tertiary/aromatic N) is 3. The summed E-state index contributed by atoms with van der Waals surface area (Å²) in [7, 11) is 0. The highest BCUT2D eigenvalue weighted by Gasteiger charge is 2.34. The molecule has 126 valence electrons. The number of aromatic nitrogens is 2. The second-order valence-corrected chi connectivity index (χ2v) is 6.42. The van der Waals surface area contributed by atoms with Crippen LogP contribution in [0.3, 0.4) is 0 Å². The van der Waals surface area contributed by atoms with Crippen molar-refractivity contribution in [2.75, 3.05) is 6.54 Å². The average molecular weight is 354 g/mol. The fourth-order valence-electron chi connectivity index (χ4n) is 3.10. The van der Waals surface area contributed by atoms with Crippen LogP contribution in [-0.4, -0.2) is 27.5 Å². The van der Waals surface area contributed by atoms with Gasteiger partial charge in [0, 0.05) is 22.7 Å². The Hall–Kier alpha value is -2.66. The Morgan fingerprint density at radius 2 is 1.88 bits per heavy atom. The Morgan fingerprint density at radius 3 is 2.64 bits per heavy atom. The first-order valence-electron chi connectivity index (χ1n) is 8.18. The lowest BCUT2D eigenvalue weighted by atomic mass is 10.1. The molecule has 1 aliphatic heterocycles. The number of hydrogen-bond donors (Lipinski definition) is 0. The second kappa shape index (κ2) is 6.69. The molecule has 1 aromatic heterocycles. The van der Waals surface area contributed by atoms with Crippen molar-refractivity contribution in [2.45, 2.75) is 18.9 Å². The molecule has 25 heavy (non-hydrogen) atoms. The molecule has 0 bridgehead atoms. The highest BCUT2D eigenvalue weighted by atomic mass is 35.5. The normalized spacial score (nSPS) is 17.0. The van der Waals surface area contributed by atoms with E-state index < -0.39 is 0 Å². The van der Waals surface area contributed by atoms with Gasteiger partial charge in [-0.25, -0.2) is 0 Å². The summed E-state index contributed by atoms with van der Waals surface area (Å²) in [5, 5.41) is 4.68. The van der Waals surface area contributed by atoms with Crippen LogP contribution in [0.4, 0.5) is 0 Å². The molecule has 0 saturated carbocycles. The lowest BCUT2D eigenvalue weighted by molar-refractivity contribution is 0.0710. The Labute approximate surface area is 150 Å². The first-order valence-corrected chi connectivity index (χ1v) is 8.56. The van der Waals surface area contributed by atoms with E-state index in [0.29, 0.717) is 28.8 Å². The van der Waals surface area contributed by atoms with Crippen molar-refractivity contribution in [3.8, 4) is 11.4 Å². The molecule has 0 spiro atoms. The number of carbonyl (C=O) groups excluding carboxylic acids is 1. The van der Waals surface area contributed by atoms with Gasteiger partial charge in [0.25, 0.3) is 5.91 Å². The number of hydrogen-bond acceptors (Lipinski definition) is 4. The summed E-state index contributed by atoms with van der Waals surface area (Å²) in [6.07, 6.45) is 1.72. The molecule has 1 atom stereocenters. The van der Waals surface area contributed by atoms with Gasteiger partial charge in [-0.3, -0.25) is 4.79 Å². The maximum absolute atomic E-state index is 12.8. The molecular formula is C19H16ClN3O2. The van der Waals surface area contributed by atoms with Crippen molar-refractivity contribution in [2.24, 2.45) is 0 Å². The Morgan fingerprint density at radius 1 is 1.12 bits per heavy atom. The van der Waals surface area contributed by atoms with Crippen LogP contribution in [0.2, 0.25) is 5.02 Å². The molecule has 6 heteroatoms. The van der Waals surface area contributed by atoms with Gasteiger partial charge < -0.3 is 9.42 Å². The van der Waals surface area contributed by atoms with Gasteiger partial charge in [0.1, 0.15) is 6.04 Å². The van der Waals surface area contributed by atoms with Crippen LogP contribution in [0.5, 0.6) is 0 Å². The molecule has 5 nitrogen and oxygen atoms in total. The van der Waals surface area contributed by atoms with Gasteiger partial charge in [-0.2, -0.15) is 4.98 Å². The number of carbonyl (C=O) groups is 1. The number of amides is 1. The van der Waals surface area contributed by atoms with E-state index >= 15 is 0 Å². The molecule has 0 unspecified atom stereocenters. The molecule has 2 heterocycles. The SMILES string of the molecule is O=C(c1ccc(Cl)cc1)N1CCC[C@@H]1c1nc(-c2ccccc2)no1. The zero-order valence-electron chi connectivity index (χ0n) is 13.4. The van der Waals surface area contributed by atoms with E-state index in [4.69, 9.17) is 16.1 Å². The van der Waals surface area contributed by atoms with E-state index in [9.17, 15) is 4.79 Å². The Kier molecular flexibility index (Phi) is 4.24. The zero-order chi connectivity index (χ0) is 17.2. The van der Waals surface area contributed by atoms with Crippen LogP contribution in [-0.2, 0) is 0 Å². The number of halogens is 1. The molecule has 3 aromatic rings. The zero-order valence-corrected chi connectivity index (χ0v) is 14.2. The fraction of sp³-hybridized carbons (Fsp3) is 0.211. The maximum Gasteiger partial charge on any atom is 0.254 e. The van der Waals surface area contributed by atoms with Crippen molar-refractivity contribution in [3.05, 3.63) is 71.1 Å². The molecule has 1 amide bonds. The maximum atomic E-state index is 12.8. The van der Waals surface area contributed by atoms with Crippen molar-refractivity contribution in [1.29, 1.82) is 0 Å². The van der Waals surface area contributed by atoms with E-state index in [0.717, 1.165) is 18.4 Å². The van der Waals surface area contributed by atoms with E-state index in [-0.39, 0.29) is 11.9 Å². The highest BCUT2D eigenvalue weighted by Crippen LogP contribution is 2.33. The molecule has 0 radical (unpaired) electrons. The van der Waals surface area contributed by atoms with Crippen molar-refractivity contribution in [1.82, 2.24) is 15.0 Å². The average Bonchev–Trinajstić information content (AvgIpc) is 3.32. The van der Waals surface area contributed by atoms with Crippen molar-refractivity contribution in [3.63, 3.8) is 0 Å². The van der Waals surface area contributed by atoms with Crippen LogP contribution >= 0.6 is 11.6 Å². The standard InChI is InChI=1S/C19H16ClN3O2/c20-15-10-8-14(9-11-15)19(24)23-12-4-7-16(23)18-21-17(22-25-18)13-5-2-1-3-6-13/h1-3,5-6,8-11,16H,4,7,12H2/t16-/m1/s1. The second-order valence-electron chi connectivity index (χ2n) is 5.99. The summed E-state index contributed by atoms with van der Waals surface area (Å²) >= 11 is 5.90. The predicted molar refractivity (Wildman–Crippen MR) is 94.2 cm³/mol. The highest BCUT2D eigenvalue weighted by molar-refractivity contribution is 6.30. The third-order valence-electron chi connectivity index (χ3n) is 4.36. The van der Waals surface area contributed by atoms with Crippen LogP contribution in [0, 0.1) is 0 Å². The lowest BCUT2D eigenvalue weighted by Gasteiger charge is -2.21. The Bertz CT molecular complexity index is 877. The smallest absolute Gasteiger partial charge is 0.254 e. The quantitative estimate of drug-likeness (QED) is 0.701.